The van der Waals surface area contributed by atoms with Crippen molar-refractivity contribution in [3.63, 3.8) is 0 Å². The van der Waals surface area contributed by atoms with Gasteiger partial charge < -0.3 is 20.2 Å². The van der Waals surface area contributed by atoms with Crippen LogP contribution in [-0.4, -0.2) is 42.0 Å². The van der Waals surface area contributed by atoms with E-state index in [-0.39, 0.29) is 52.4 Å². The number of carbonyl (C=O) groups is 1. The van der Waals surface area contributed by atoms with Gasteiger partial charge in [0, 0.05) is 38.3 Å². The van der Waals surface area contributed by atoms with Crippen molar-refractivity contribution in [1.82, 2.24) is 4.90 Å². The maximum absolute atomic E-state index is 13.0. The fraction of sp³-hybridized carbons (Fsp3) is 0.273. The molecule has 1 fully saturated rings. The molecule has 0 aliphatic carbocycles. The third-order valence-electron chi connectivity index (χ3n) is 5.94. The van der Waals surface area contributed by atoms with Crippen molar-refractivity contribution in [3.05, 3.63) is 73.7 Å². The van der Waals surface area contributed by atoms with Gasteiger partial charge in [0.05, 0.1) is 10.5 Å². The van der Waals surface area contributed by atoms with E-state index in [1.54, 1.807) is 19.1 Å². The largest absolute Gasteiger partial charge is 0.710 e. The molecule has 2 heterocycles. The highest BCUT2D eigenvalue weighted by atomic mass is 19.4. The van der Waals surface area contributed by atoms with Crippen molar-refractivity contribution in [2.45, 2.75) is 13.1 Å². The molecule has 12 nitrogen and oxygen atoms in total. The fourth-order valence-electron chi connectivity index (χ4n) is 4.05. The van der Waals surface area contributed by atoms with E-state index in [1.807, 2.05) is 0 Å². The molecule has 1 aliphatic rings. The Hall–Kier alpha value is -4.87. The van der Waals surface area contributed by atoms with Gasteiger partial charge in [-0.3, -0.25) is 10.1 Å². The van der Waals surface area contributed by atoms with E-state index in [4.69, 9.17) is 0 Å². The summed E-state index contributed by atoms with van der Waals surface area (Å²) in [4.78, 5) is 26.1. The molecule has 3 aromatic rings. The molecule has 192 valence electrons. The molecule has 4 rings (SSSR count). The van der Waals surface area contributed by atoms with Crippen LogP contribution in [0.5, 0.6) is 0 Å². The Balaban J connectivity index is 1.54. The van der Waals surface area contributed by atoms with E-state index in [0.29, 0.717) is 11.6 Å². The number of hydrogen-bond donors (Lipinski definition) is 1. The van der Waals surface area contributed by atoms with Crippen LogP contribution in [0.2, 0.25) is 0 Å². The lowest BCUT2D eigenvalue weighted by atomic mass is 10.1. The number of hydrogen-bond acceptors (Lipinski definition) is 7. The van der Waals surface area contributed by atoms with E-state index in [2.05, 4.69) is 5.32 Å². The first-order valence-electron chi connectivity index (χ1n) is 10.8. The predicted molar refractivity (Wildman–Crippen MR) is 122 cm³/mol. The van der Waals surface area contributed by atoms with E-state index in [0.717, 1.165) is 12.1 Å². The van der Waals surface area contributed by atoms with Gasteiger partial charge in [-0.25, -0.2) is 9.52 Å². The van der Waals surface area contributed by atoms with Crippen LogP contribution in [0.4, 0.5) is 35.2 Å². The highest BCUT2D eigenvalue weighted by Crippen LogP contribution is 2.36. The van der Waals surface area contributed by atoms with Crippen LogP contribution in [-0.2, 0) is 6.18 Å². The topological polar surface area (TPSA) is 156 Å². The minimum atomic E-state index is -4.75. The lowest BCUT2D eigenvalue weighted by molar-refractivity contribution is -0.620. The molecule has 0 radical (unpaired) electrons. The molecule has 2 amide bonds. The molecule has 1 aromatic heterocycles. The number of carbonyl (C=O) groups excluding carboxylic acids is 1. The number of nitro benzene ring substituents is 1. The number of alkyl halides is 3. The molecule has 1 N–H and O–H groups in total. The number of piperazine rings is 1. The summed E-state index contributed by atoms with van der Waals surface area (Å²) in [5, 5.41) is 48.7. The van der Waals surface area contributed by atoms with E-state index < -0.39 is 39.9 Å². The van der Waals surface area contributed by atoms with Crippen LogP contribution in [0.15, 0.2) is 36.4 Å². The zero-order valence-corrected chi connectivity index (χ0v) is 19.2. The average Bonchev–Trinajstić information content (AvgIpc) is 2.86. The molecular formula is C22H18F3N7O5. The highest BCUT2D eigenvalue weighted by Gasteiger charge is 2.36. The van der Waals surface area contributed by atoms with E-state index >= 15 is 0 Å². The molecule has 0 spiro atoms. The van der Waals surface area contributed by atoms with Gasteiger partial charge in [0.25, 0.3) is 11.2 Å². The van der Waals surface area contributed by atoms with Gasteiger partial charge in [-0.1, -0.05) is 6.07 Å². The number of amides is 2. The minimum absolute atomic E-state index is 0.00505. The molecule has 1 aliphatic heterocycles. The number of halogens is 3. The number of urea groups is 1. The molecule has 1 saturated heterocycles. The molecule has 0 atom stereocenters. The van der Waals surface area contributed by atoms with Crippen LogP contribution in [0, 0.1) is 38.8 Å². The first kappa shape index (κ1) is 25.2. The Kier molecular flexibility index (Phi) is 6.34. The Bertz CT molecular complexity index is 1460. The molecule has 37 heavy (non-hydrogen) atoms. The van der Waals surface area contributed by atoms with Gasteiger partial charge in [-0.15, -0.1) is 4.73 Å². The van der Waals surface area contributed by atoms with Crippen LogP contribution >= 0.6 is 0 Å². The third-order valence-corrected chi connectivity index (χ3v) is 5.94. The number of aryl methyl sites for hydroxylation is 1. The summed E-state index contributed by atoms with van der Waals surface area (Å²) in [5.41, 5.74) is -1.93. The molecule has 2 aromatic carbocycles. The fourth-order valence-corrected chi connectivity index (χ4v) is 4.05. The summed E-state index contributed by atoms with van der Waals surface area (Å²) < 4.78 is 39.5. The SMILES string of the molecule is Cc1ccc2c(c1)[n+]([O-])c(C#N)c(NC(=O)N1CCN(c3ccc(C(F)(F)F)cc3[N+](=O)[O-])CC1)[n+]2[O-]. The summed E-state index contributed by atoms with van der Waals surface area (Å²) in [6.45, 7) is 1.78. The normalized spacial score (nSPS) is 13.9. The molecule has 0 bridgehead atoms. The quantitative estimate of drug-likeness (QED) is 0.242. The van der Waals surface area contributed by atoms with E-state index in [9.17, 15) is 43.8 Å². The summed E-state index contributed by atoms with van der Waals surface area (Å²) in [5.74, 6) is -0.556. The minimum Gasteiger partial charge on any atom is -0.710 e. The number of rotatable bonds is 3. The Morgan fingerprint density at radius 3 is 2.35 bits per heavy atom. The first-order valence-corrected chi connectivity index (χ1v) is 10.8. The predicted octanol–water partition coefficient (Wildman–Crippen LogP) is 2.57. The van der Waals surface area contributed by atoms with Crippen molar-refractivity contribution in [2.75, 3.05) is 36.4 Å². The van der Waals surface area contributed by atoms with E-state index in [1.165, 1.54) is 21.9 Å². The van der Waals surface area contributed by atoms with Gasteiger partial charge >= 0.3 is 23.7 Å². The monoisotopic (exact) mass is 517 g/mol. The number of nitriles is 1. The van der Waals surface area contributed by atoms with Gasteiger partial charge in [-0.2, -0.15) is 23.7 Å². The second-order valence-electron chi connectivity index (χ2n) is 8.25. The Morgan fingerprint density at radius 1 is 1.08 bits per heavy atom. The van der Waals surface area contributed by atoms with Gasteiger partial charge in [0.15, 0.2) is 6.07 Å². The standard InChI is InChI=1S/C22H18F3N7O5/c1-13-2-4-16-17(10-13)30(34)19(12-26)20(31(16)35)27-21(33)29-8-6-28(7-9-29)15-5-3-14(22(23,24)25)11-18(15)32(36)37/h2-5,10-11H,6-9H2,1H3,(H,27,33). The maximum atomic E-state index is 13.0. The Labute approximate surface area is 206 Å². The smallest absolute Gasteiger partial charge is 0.416 e. The zero-order valence-electron chi connectivity index (χ0n) is 19.2. The van der Waals surface area contributed by atoms with Crippen LogP contribution < -0.4 is 19.7 Å². The second-order valence-corrected chi connectivity index (χ2v) is 8.25. The highest BCUT2D eigenvalue weighted by molar-refractivity contribution is 5.89. The number of anilines is 2. The van der Waals surface area contributed by atoms with Crippen LogP contribution in [0.25, 0.3) is 11.0 Å². The maximum Gasteiger partial charge on any atom is 0.416 e. The van der Waals surface area contributed by atoms with Gasteiger partial charge in [-0.05, 0) is 30.7 Å². The van der Waals surface area contributed by atoms with Crippen molar-refractivity contribution in [3.8, 4) is 6.07 Å². The second kappa shape index (κ2) is 9.30. The van der Waals surface area contributed by atoms with Crippen LogP contribution in [0.3, 0.4) is 0 Å². The summed E-state index contributed by atoms with van der Waals surface area (Å²) in [6, 6.07) is 7.47. The number of nitrogens with zero attached hydrogens (tertiary/aromatic N) is 6. The number of fused-ring (bicyclic) bond motifs is 1. The summed E-state index contributed by atoms with van der Waals surface area (Å²) in [7, 11) is 0. The lowest BCUT2D eigenvalue weighted by Gasteiger charge is -2.34. The molecule has 15 heteroatoms. The van der Waals surface area contributed by atoms with Crippen molar-refractivity contribution in [2.24, 2.45) is 0 Å². The summed E-state index contributed by atoms with van der Waals surface area (Å²) >= 11 is 0. The number of benzene rings is 2. The van der Waals surface area contributed by atoms with Crippen molar-refractivity contribution < 1.29 is 32.3 Å². The first-order chi connectivity index (χ1) is 17.4. The average molecular weight is 517 g/mol. The summed E-state index contributed by atoms with van der Waals surface area (Å²) in [6.07, 6.45) is -4.75. The third kappa shape index (κ3) is 4.68. The molecule has 0 saturated carbocycles. The lowest BCUT2D eigenvalue weighted by Crippen LogP contribution is -2.52. The van der Waals surface area contributed by atoms with Crippen molar-refractivity contribution in [1.29, 1.82) is 5.26 Å². The Morgan fingerprint density at radius 2 is 1.76 bits per heavy atom. The number of nitrogens with one attached hydrogen (secondary N) is 1. The van der Waals surface area contributed by atoms with Crippen molar-refractivity contribution >= 4 is 34.3 Å². The molecular weight excluding hydrogens is 499 g/mol. The zero-order chi connectivity index (χ0) is 27.1. The molecule has 0 unspecified atom stereocenters. The number of aromatic nitrogens is 2. The van der Waals surface area contributed by atoms with Gasteiger partial charge in [0.1, 0.15) is 5.69 Å². The number of nitro groups is 1. The van der Waals surface area contributed by atoms with Gasteiger partial charge in [0.2, 0.25) is 5.52 Å². The van der Waals surface area contributed by atoms with Crippen LogP contribution in [0.1, 0.15) is 16.8 Å².